The van der Waals surface area contributed by atoms with Crippen LogP contribution in [0.3, 0.4) is 0 Å². The second-order valence-corrected chi connectivity index (χ2v) is 8.92. The Morgan fingerprint density at radius 3 is 2.68 bits per heavy atom. The summed E-state index contributed by atoms with van der Waals surface area (Å²) in [6.07, 6.45) is 0.197. The summed E-state index contributed by atoms with van der Waals surface area (Å²) in [7, 11) is 0. The predicted octanol–water partition coefficient (Wildman–Crippen LogP) is 4.37. The summed E-state index contributed by atoms with van der Waals surface area (Å²) in [5, 5.41) is 0. The lowest BCUT2D eigenvalue weighted by atomic mass is 9.48. The third-order valence-corrected chi connectivity index (χ3v) is 8.08. The Hall–Kier alpha value is -1.38. The third-order valence-electron chi connectivity index (χ3n) is 8.08. The molecule has 3 fully saturated rings. The quantitative estimate of drug-likeness (QED) is 0.612. The number of rotatable bonds is 0. The molecule has 2 saturated carbocycles. The van der Waals surface area contributed by atoms with E-state index in [0.29, 0.717) is 37.3 Å². The average molecular weight is 346 g/mol. The van der Waals surface area contributed by atoms with Crippen molar-refractivity contribution in [1.82, 2.24) is 0 Å². The van der Waals surface area contributed by atoms with Crippen molar-refractivity contribution in [1.29, 1.82) is 0 Å². The lowest BCUT2D eigenvalue weighted by Gasteiger charge is -2.57. The minimum absolute atomic E-state index is 0.00718. The molecule has 25 heavy (non-hydrogen) atoms. The SMILES string of the molecule is [2H]C1=CC2=C([2H])C(=O)C([2H])([2H])C[C@@]2(C)[C@@H]2CC[C@]3(C)[C@H](CC[C@]34CC([2H])([2H])C(=O)O4)[C@@H]12. The smallest absolute Gasteiger partial charge is 0.306 e. The van der Waals surface area contributed by atoms with Crippen LogP contribution in [-0.4, -0.2) is 17.4 Å². The molecule has 1 aliphatic heterocycles. The Morgan fingerprint density at radius 2 is 1.92 bits per heavy atom. The summed E-state index contributed by atoms with van der Waals surface area (Å²) in [4.78, 5) is 24.7. The molecule has 0 N–H and O–H groups in total. The van der Waals surface area contributed by atoms with Crippen molar-refractivity contribution in [3.8, 4) is 0 Å². The average Bonchev–Trinajstić information content (AvgIpc) is 3.07. The van der Waals surface area contributed by atoms with Crippen molar-refractivity contribution < 1.29 is 22.6 Å². The van der Waals surface area contributed by atoms with E-state index in [2.05, 4.69) is 6.92 Å². The van der Waals surface area contributed by atoms with Crippen LogP contribution in [0.1, 0.15) is 73.3 Å². The van der Waals surface area contributed by atoms with Crippen LogP contribution in [0.15, 0.2) is 23.8 Å². The Morgan fingerprint density at radius 1 is 1.12 bits per heavy atom. The predicted molar refractivity (Wildman–Crippen MR) is 94.7 cm³/mol. The van der Waals surface area contributed by atoms with E-state index in [0.717, 1.165) is 0 Å². The molecule has 0 aromatic heterocycles. The highest BCUT2D eigenvalue weighted by molar-refractivity contribution is 5.92. The van der Waals surface area contributed by atoms with Crippen LogP contribution in [0.5, 0.6) is 0 Å². The van der Waals surface area contributed by atoms with Gasteiger partial charge in [0.25, 0.3) is 0 Å². The molecular weight excluding hydrogens is 312 g/mol. The first kappa shape index (κ1) is 10.7. The van der Waals surface area contributed by atoms with Gasteiger partial charge in [0.15, 0.2) is 5.78 Å². The van der Waals surface area contributed by atoms with Gasteiger partial charge < -0.3 is 4.74 Å². The molecule has 134 valence electrons. The van der Waals surface area contributed by atoms with Crippen LogP contribution in [0.2, 0.25) is 0 Å². The summed E-state index contributed by atoms with van der Waals surface area (Å²) in [5.74, 6) is -1.85. The van der Waals surface area contributed by atoms with Crippen molar-refractivity contribution in [2.75, 3.05) is 0 Å². The van der Waals surface area contributed by atoms with Crippen LogP contribution in [-0.2, 0) is 14.3 Å². The fourth-order valence-electron chi connectivity index (χ4n) is 6.48. The molecule has 0 radical (unpaired) electrons. The number of carbonyl (C=O) groups is 2. The fraction of sp³-hybridized carbons (Fsp3) is 0.727. The molecule has 1 heterocycles. The second-order valence-electron chi connectivity index (χ2n) is 8.92. The van der Waals surface area contributed by atoms with Crippen molar-refractivity contribution in [3.05, 3.63) is 23.8 Å². The number of hydrogen-bond donors (Lipinski definition) is 0. The Kier molecular flexibility index (Phi) is 2.08. The number of esters is 1. The molecular formula is C22H28O3. The van der Waals surface area contributed by atoms with E-state index in [9.17, 15) is 9.59 Å². The summed E-state index contributed by atoms with van der Waals surface area (Å²) in [6, 6.07) is 0.0499. The maximum atomic E-state index is 12.4. The fourth-order valence-corrected chi connectivity index (χ4v) is 6.48. The molecule has 0 bridgehead atoms. The van der Waals surface area contributed by atoms with Crippen LogP contribution >= 0.6 is 0 Å². The minimum atomic E-state index is -2.10. The number of carbonyl (C=O) groups excluding carboxylic acids is 2. The monoisotopic (exact) mass is 346 g/mol. The summed E-state index contributed by atoms with van der Waals surface area (Å²) < 4.78 is 55.6. The van der Waals surface area contributed by atoms with Gasteiger partial charge in [-0.15, -0.1) is 0 Å². The standard InChI is InChI=1S/C22H28O3/c1-20-9-5-15(23)13-14(20)3-4-16-17(20)6-10-21(2)18(16)7-11-22(21)12-8-19(24)25-22/h3-4,13,16-18H,5-12H2,1-2H3/t16-,17+,18+,20+,21+,22-/m0/s1/i4D,5D2,8D2,13D. The molecule has 0 amide bonds. The molecule has 1 saturated heterocycles. The zero-order valence-electron chi connectivity index (χ0n) is 20.8. The molecule has 0 aromatic rings. The first-order valence-corrected chi connectivity index (χ1v) is 9.36. The maximum Gasteiger partial charge on any atom is 0.306 e. The molecule has 3 heteroatoms. The van der Waals surface area contributed by atoms with Crippen LogP contribution in [0, 0.1) is 28.6 Å². The minimum Gasteiger partial charge on any atom is -0.458 e. The Labute approximate surface area is 158 Å². The van der Waals surface area contributed by atoms with Gasteiger partial charge in [0.05, 0.1) is 2.74 Å². The van der Waals surface area contributed by atoms with E-state index < -0.39 is 40.9 Å². The van der Waals surface area contributed by atoms with E-state index in [1.54, 1.807) is 6.08 Å². The van der Waals surface area contributed by atoms with Gasteiger partial charge in [-0.05, 0) is 73.3 Å². The molecule has 4 aliphatic carbocycles. The van der Waals surface area contributed by atoms with Gasteiger partial charge in [0, 0.05) is 23.6 Å². The van der Waals surface area contributed by atoms with E-state index in [4.69, 9.17) is 13.0 Å². The molecule has 5 aliphatic rings. The van der Waals surface area contributed by atoms with Gasteiger partial charge in [0.2, 0.25) is 0 Å². The molecule has 5 rings (SSSR count). The van der Waals surface area contributed by atoms with Crippen molar-refractivity contribution in [2.45, 2.75) is 70.7 Å². The van der Waals surface area contributed by atoms with Gasteiger partial charge in [-0.1, -0.05) is 26.0 Å². The summed E-state index contributed by atoms with van der Waals surface area (Å²) >= 11 is 0. The van der Waals surface area contributed by atoms with E-state index in [1.165, 1.54) is 0 Å². The first-order chi connectivity index (χ1) is 14.2. The molecule has 0 aromatic carbocycles. The summed E-state index contributed by atoms with van der Waals surface area (Å²) in [6.45, 7) is 4.00. The highest BCUT2D eigenvalue weighted by Gasteiger charge is 2.66. The number of ketones is 1. The topological polar surface area (TPSA) is 43.4 Å². The Bertz CT molecular complexity index is 970. The largest absolute Gasteiger partial charge is 0.458 e. The molecule has 6 atom stereocenters. The molecule has 1 spiro atoms. The number of ether oxygens (including phenoxy) is 1. The number of hydrogen-bond acceptors (Lipinski definition) is 3. The lowest BCUT2D eigenvalue weighted by Crippen LogP contribution is -2.53. The zero-order valence-corrected chi connectivity index (χ0v) is 14.8. The van der Waals surface area contributed by atoms with Crippen LogP contribution < -0.4 is 0 Å². The highest BCUT2D eigenvalue weighted by atomic mass is 16.6. The summed E-state index contributed by atoms with van der Waals surface area (Å²) in [5.41, 5.74) is -1.54. The Balaban J connectivity index is 1.60. The van der Waals surface area contributed by atoms with E-state index >= 15 is 0 Å². The first-order valence-electron chi connectivity index (χ1n) is 12.4. The van der Waals surface area contributed by atoms with Gasteiger partial charge in [-0.25, -0.2) is 0 Å². The highest BCUT2D eigenvalue weighted by Crippen LogP contribution is 2.68. The van der Waals surface area contributed by atoms with Crippen molar-refractivity contribution in [2.24, 2.45) is 28.6 Å². The van der Waals surface area contributed by atoms with Gasteiger partial charge >= 0.3 is 5.97 Å². The van der Waals surface area contributed by atoms with Gasteiger partial charge in [0.1, 0.15) is 5.60 Å². The second kappa shape index (κ2) is 4.86. The third kappa shape index (κ3) is 1.88. The zero-order chi connectivity index (χ0) is 22.8. The van der Waals surface area contributed by atoms with Gasteiger partial charge in [-0.3, -0.25) is 9.59 Å². The van der Waals surface area contributed by atoms with E-state index in [1.807, 2.05) is 6.92 Å². The maximum absolute atomic E-state index is 12.4. The van der Waals surface area contributed by atoms with Crippen molar-refractivity contribution in [3.63, 3.8) is 0 Å². The normalized spacial score (nSPS) is 59.3. The van der Waals surface area contributed by atoms with Gasteiger partial charge in [-0.2, -0.15) is 0 Å². The number of fused-ring (bicyclic) bond motifs is 6. The number of allylic oxidation sites excluding steroid dienone is 4. The lowest BCUT2D eigenvalue weighted by molar-refractivity contribution is -0.165. The van der Waals surface area contributed by atoms with E-state index in [-0.39, 0.29) is 36.6 Å². The van der Waals surface area contributed by atoms with Crippen molar-refractivity contribution >= 4 is 11.8 Å². The molecule has 3 nitrogen and oxygen atoms in total. The van der Waals surface area contributed by atoms with Crippen LogP contribution in [0.4, 0.5) is 0 Å². The molecule has 0 unspecified atom stereocenters. The van der Waals surface area contributed by atoms with Crippen LogP contribution in [0.25, 0.3) is 0 Å².